The minimum absolute atomic E-state index is 0.349. The molecule has 0 radical (unpaired) electrons. The first kappa shape index (κ1) is 14.6. The summed E-state index contributed by atoms with van der Waals surface area (Å²) in [7, 11) is 0. The fourth-order valence-corrected chi connectivity index (χ4v) is 2.16. The molecule has 0 fully saturated rings. The number of nitrogens with zero attached hydrogens (tertiary/aromatic N) is 4. The summed E-state index contributed by atoms with van der Waals surface area (Å²) in [5.74, 6) is 0.788. The van der Waals surface area contributed by atoms with Crippen molar-refractivity contribution in [3.63, 3.8) is 0 Å². The minimum Gasteiger partial charge on any atom is -0.484 e. The first-order chi connectivity index (χ1) is 9.63. The van der Waals surface area contributed by atoms with E-state index in [1.54, 1.807) is 6.20 Å². The second-order valence-corrected chi connectivity index (χ2v) is 5.30. The maximum atomic E-state index is 5.72. The van der Waals surface area contributed by atoms with Gasteiger partial charge in [0.15, 0.2) is 5.75 Å². The highest BCUT2D eigenvalue weighted by atomic mass is 16.5. The predicted molar refractivity (Wildman–Crippen MR) is 78.8 cm³/mol. The van der Waals surface area contributed by atoms with Crippen LogP contribution < -0.4 is 4.74 Å². The van der Waals surface area contributed by atoms with Gasteiger partial charge < -0.3 is 4.74 Å². The van der Waals surface area contributed by atoms with Crippen LogP contribution in [0.1, 0.15) is 58.3 Å². The normalized spacial score (nSPS) is 11.5. The summed E-state index contributed by atoms with van der Waals surface area (Å²) in [6.45, 7) is 9.04. The van der Waals surface area contributed by atoms with Crippen LogP contribution in [0.3, 0.4) is 0 Å². The molecule has 0 saturated carbocycles. The van der Waals surface area contributed by atoms with E-state index in [9.17, 15) is 0 Å². The van der Waals surface area contributed by atoms with Crippen molar-refractivity contribution in [2.75, 3.05) is 0 Å². The molecule has 0 spiro atoms. The Hall–Kier alpha value is -1.78. The van der Waals surface area contributed by atoms with Crippen molar-refractivity contribution >= 4 is 0 Å². The highest BCUT2D eigenvalue weighted by Crippen LogP contribution is 2.16. The Bertz CT molecular complexity index is 525. The van der Waals surface area contributed by atoms with E-state index in [1.165, 1.54) is 0 Å². The maximum Gasteiger partial charge on any atom is 0.157 e. The molecule has 0 aliphatic rings. The van der Waals surface area contributed by atoms with Crippen LogP contribution in [0, 0.1) is 0 Å². The summed E-state index contributed by atoms with van der Waals surface area (Å²) in [6, 6.07) is 2.85. The number of hydrogen-bond acceptors (Lipinski definition) is 3. The van der Waals surface area contributed by atoms with Gasteiger partial charge in [-0.25, -0.2) is 0 Å². The maximum absolute atomic E-state index is 5.72. The van der Waals surface area contributed by atoms with Crippen LogP contribution in [0.25, 0.3) is 0 Å². The molecule has 0 amide bonds. The van der Waals surface area contributed by atoms with Crippen LogP contribution in [-0.4, -0.2) is 19.6 Å². The van der Waals surface area contributed by atoms with Gasteiger partial charge >= 0.3 is 0 Å². The highest BCUT2D eigenvalue weighted by molar-refractivity contribution is 5.13. The lowest BCUT2D eigenvalue weighted by Gasteiger charge is -2.12. The Kier molecular flexibility index (Phi) is 4.82. The van der Waals surface area contributed by atoms with Gasteiger partial charge in [-0.05, 0) is 32.8 Å². The highest BCUT2D eigenvalue weighted by Gasteiger charge is 2.09. The van der Waals surface area contributed by atoms with Crippen LogP contribution in [0.4, 0.5) is 0 Å². The first-order valence-corrected chi connectivity index (χ1v) is 7.35. The molecule has 0 aliphatic heterocycles. The molecule has 110 valence electrons. The van der Waals surface area contributed by atoms with Crippen molar-refractivity contribution in [3.05, 3.63) is 30.4 Å². The van der Waals surface area contributed by atoms with E-state index in [1.807, 2.05) is 27.8 Å². The molecule has 2 heterocycles. The summed E-state index contributed by atoms with van der Waals surface area (Å²) in [5, 5.41) is 8.83. The van der Waals surface area contributed by atoms with Crippen molar-refractivity contribution in [2.24, 2.45) is 0 Å². The molecule has 0 bridgehead atoms. The third kappa shape index (κ3) is 3.40. The van der Waals surface area contributed by atoms with Crippen LogP contribution in [-0.2, 0) is 6.61 Å². The molecule has 0 saturated heterocycles. The zero-order valence-electron chi connectivity index (χ0n) is 12.8. The molecule has 0 aliphatic carbocycles. The summed E-state index contributed by atoms with van der Waals surface area (Å²) >= 11 is 0. The van der Waals surface area contributed by atoms with Gasteiger partial charge in [0.25, 0.3) is 0 Å². The molecule has 5 heteroatoms. The SMILES string of the molecule is CCC(CC)n1ccc(COc2cnn(C(C)C)c2)n1. The molecule has 2 rings (SSSR count). The lowest BCUT2D eigenvalue weighted by Crippen LogP contribution is -2.08. The van der Waals surface area contributed by atoms with Gasteiger partial charge in [0.05, 0.1) is 24.1 Å². The van der Waals surface area contributed by atoms with E-state index in [-0.39, 0.29) is 0 Å². The molecule has 0 atom stereocenters. The van der Waals surface area contributed by atoms with E-state index in [0.717, 1.165) is 24.3 Å². The lowest BCUT2D eigenvalue weighted by atomic mass is 10.2. The van der Waals surface area contributed by atoms with Crippen LogP contribution in [0.2, 0.25) is 0 Å². The molecule has 20 heavy (non-hydrogen) atoms. The van der Waals surface area contributed by atoms with Gasteiger partial charge in [0.1, 0.15) is 6.61 Å². The Balaban J connectivity index is 1.93. The Labute approximate surface area is 120 Å². The minimum atomic E-state index is 0.349. The largest absolute Gasteiger partial charge is 0.484 e. The average Bonchev–Trinajstić information content (AvgIpc) is 3.07. The molecule has 5 nitrogen and oxygen atoms in total. The zero-order chi connectivity index (χ0) is 14.5. The van der Waals surface area contributed by atoms with Crippen molar-refractivity contribution < 1.29 is 4.74 Å². The molecule has 0 N–H and O–H groups in total. The molecule has 0 unspecified atom stereocenters. The van der Waals surface area contributed by atoms with Crippen molar-refractivity contribution in [3.8, 4) is 5.75 Å². The molecule has 2 aromatic heterocycles. The monoisotopic (exact) mass is 276 g/mol. The second kappa shape index (κ2) is 6.59. The van der Waals surface area contributed by atoms with Gasteiger partial charge in [0.2, 0.25) is 0 Å². The fourth-order valence-electron chi connectivity index (χ4n) is 2.16. The second-order valence-electron chi connectivity index (χ2n) is 5.30. The van der Waals surface area contributed by atoms with Gasteiger partial charge in [-0.15, -0.1) is 0 Å². The summed E-state index contributed by atoms with van der Waals surface area (Å²) in [6.07, 6.45) is 7.90. The molecular formula is C15H24N4O. The summed E-state index contributed by atoms with van der Waals surface area (Å²) in [4.78, 5) is 0. The van der Waals surface area contributed by atoms with Gasteiger partial charge in [-0.2, -0.15) is 10.2 Å². The Morgan fingerprint density at radius 2 is 1.95 bits per heavy atom. The third-order valence-corrected chi connectivity index (χ3v) is 3.47. The number of aromatic nitrogens is 4. The van der Waals surface area contributed by atoms with Crippen molar-refractivity contribution in [2.45, 2.75) is 59.2 Å². The van der Waals surface area contributed by atoms with Crippen molar-refractivity contribution in [1.82, 2.24) is 19.6 Å². The third-order valence-electron chi connectivity index (χ3n) is 3.47. The Morgan fingerprint density at radius 3 is 2.55 bits per heavy atom. The lowest BCUT2D eigenvalue weighted by molar-refractivity contribution is 0.296. The molecule has 2 aromatic rings. The van der Waals surface area contributed by atoms with E-state index in [2.05, 4.69) is 37.9 Å². The first-order valence-electron chi connectivity index (χ1n) is 7.35. The van der Waals surface area contributed by atoms with Crippen molar-refractivity contribution in [1.29, 1.82) is 0 Å². The quantitative estimate of drug-likeness (QED) is 0.776. The fraction of sp³-hybridized carbons (Fsp3) is 0.600. The van der Waals surface area contributed by atoms with Gasteiger partial charge in [0, 0.05) is 12.2 Å². The topological polar surface area (TPSA) is 44.9 Å². The number of rotatable bonds is 7. The van der Waals surface area contributed by atoms with Crippen LogP contribution in [0.15, 0.2) is 24.7 Å². The van der Waals surface area contributed by atoms with E-state index >= 15 is 0 Å². The summed E-state index contributed by atoms with van der Waals surface area (Å²) < 4.78 is 9.65. The van der Waals surface area contributed by atoms with E-state index < -0.39 is 0 Å². The smallest absolute Gasteiger partial charge is 0.157 e. The zero-order valence-corrected chi connectivity index (χ0v) is 12.8. The molecule has 0 aromatic carbocycles. The average molecular weight is 276 g/mol. The molecular weight excluding hydrogens is 252 g/mol. The summed E-state index contributed by atoms with van der Waals surface area (Å²) in [5.41, 5.74) is 0.953. The van der Waals surface area contributed by atoms with Crippen LogP contribution in [0.5, 0.6) is 5.75 Å². The van der Waals surface area contributed by atoms with E-state index in [0.29, 0.717) is 18.7 Å². The van der Waals surface area contributed by atoms with Gasteiger partial charge in [-0.1, -0.05) is 13.8 Å². The van der Waals surface area contributed by atoms with Crippen LogP contribution >= 0.6 is 0 Å². The predicted octanol–water partition coefficient (Wildman–Crippen LogP) is 3.60. The van der Waals surface area contributed by atoms with Gasteiger partial charge in [-0.3, -0.25) is 9.36 Å². The number of ether oxygens (including phenoxy) is 1. The standard InChI is InChI=1S/C15H24N4O/c1-5-14(6-2)18-8-7-13(17-18)11-20-15-9-16-19(10-15)12(3)4/h7-10,12,14H,5-6,11H2,1-4H3. The van der Waals surface area contributed by atoms with E-state index in [4.69, 9.17) is 4.74 Å². The Morgan fingerprint density at radius 1 is 1.20 bits per heavy atom. The number of hydrogen-bond donors (Lipinski definition) is 0.